The molecule has 2 aromatic carbocycles. The number of aryl methyl sites for hydroxylation is 1. The number of fused-ring (bicyclic) bond motifs is 1. The van der Waals surface area contributed by atoms with Gasteiger partial charge in [0.2, 0.25) is 5.91 Å². The van der Waals surface area contributed by atoms with Crippen molar-refractivity contribution in [3.63, 3.8) is 0 Å². The van der Waals surface area contributed by atoms with Crippen LogP contribution in [0.4, 0.5) is 11.4 Å². The molecule has 29 heavy (non-hydrogen) atoms. The second kappa shape index (κ2) is 8.36. The summed E-state index contributed by atoms with van der Waals surface area (Å²) in [6.07, 6.45) is -1.82. The number of aliphatic imine (C=N–C) groups is 1. The summed E-state index contributed by atoms with van der Waals surface area (Å²) in [5.74, 6) is -0.659. The highest BCUT2D eigenvalue weighted by Crippen LogP contribution is 2.42. The zero-order valence-corrected chi connectivity index (χ0v) is 17.3. The van der Waals surface area contributed by atoms with Crippen molar-refractivity contribution in [2.75, 3.05) is 10.6 Å². The highest BCUT2D eigenvalue weighted by atomic mass is 35.5. The number of aliphatic hydroxyl groups is 2. The Kier molecular flexibility index (Phi) is 5.83. The molecule has 0 radical (unpaired) electrons. The molecule has 1 aliphatic carbocycles. The Morgan fingerprint density at radius 3 is 2.66 bits per heavy atom. The molecule has 4 N–H and O–H groups in total. The van der Waals surface area contributed by atoms with Crippen LogP contribution in [0.1, 0.15) is 12.0 Å². The van der Waals surface area contributed by atoms with Gasteiger partial charge in [-0.2, -0.15) is 0 Å². The van der Waals surface area contributed by atoms with Gasteiger partial charge in [-0.1, -0.05) is 47.6 Å². The van der Waals surface area contributed by atoms with E-state index in [1.165, 1.54) is 11.8 Å². The van der Waals surface area contributed by atoms with Crippen molar-refractivity contribution in [1.82, 2.24) is 0 Å². The Morgan fingerprint density at radius 1 is 1.17 bits per heavy atom. The smallest absolute Gasteiger partial charge is 0.228 e. The summed E-state index contributed by atoms with van der Waals surface area (Å²) in [5.41, 5.74) is 2.46. The number of carbonyl (C=O) groups is 1. The quantitative estimate of drug-likeness (QED) is 0.598. The van der Waals surface area contributed by atoms with Crippen molar-refractivity contribution in [1.29, 1.82) is 0 Å². The molecule has 1 fully saturated rings. The fourth-order valence-electron chi connectivity index (χ4n) is 3.66. The number of amides is 1. The van der Waals surface area contributed by atoms with Gasteiger partial charge in [0.1, 0.15) is 6.10 Å². The molecule has 1 heterocycles. The minimum Gasteiger partial charge on any atom is -0.390 e. The van der Waals surface area contributed by atoms with Crippen LogP contribution in [0.25, 0.3) is 0 Å². The first kappa shape index (κ1) is 20.2. The SMILES string of the molecule is Cc1ccc(NC2=NC3C(O)C(O)CC(C(=O)Nc4ccccc4)C3S2)cc1Cl. The number of anilines is 2. The number of aliphatic hydroxyl groups excluding tert-OH is 2. The van der Waals surface area contributed by atoms with Crippen LogP contribution in [-0.2, 0) is 4.79 Å². The molecule has 8 heteroatoms. The molecule has 5 unspecified atom stereocenters. The zero-order chi connectivity index (χ0) is 20.5. The van der Waals surface area contributed by atoms with Crippen molar-refractivity contribution in [3.05, 3.63) is 59.1 Å². The highest BCUT2D eigenvalue weighted by molar-refractivity contribution is 8.15. The summed E-state index contributed by atoms with van der Waals surface area (Å²) >= 11 is 7.61. The summed E-state index contributed by atoms with van der Waals surface area (Å²) in [6.45, 7) is 1.93. The van der Waals surface area contributed by atoms with Crippen molar-refractivity contribution in [2.24, 2.45) is 10.9 Å². The predicted molar refractivity (Wildman–Crippen MR) is 118 cm³/mol. The van der Waals surface area contributed by atoms with Crippen LogP contribution < -0.4 is 10.6 Å². The van der Waals surface area contributed by atoms with Gasteiger partial charge in [-0.3, -0.25) is 9.79 Å². The number of rotatable bonds is 3. The summed E-state index contributed by atoms with van der Waals surface area (Å²) in [5, 5.41) is 27.9. The lowest BCUT2D eigenvalue weighted by Gasteiger charge is -2.37. The number of carbonyl (C=O) groups excluding carboxylic acids is 1. The average Bonchev–Trinajstić information content (AvgIpc) is 3.12. The van der Waals surface area contributed by atoms with E-state index in [-0.39, 0.29) is 17.6 Å². The Labute approximate surface area is 178 Å². The fraction of sp³-hybridized carbons (Fsp3) is 0.333. The van der Waals surface area contributed by atoms with Crippen LogP contribution in [-0.4, -0.2) is 44.8 Å². The number of thioether (sulfide) groups is 1. The molecule has 4 rings (SSSR count). The highest BCUT2D eigenvalue weighted by Gasteiger charge is 2.50. The van der Waals surface area contributed by atoms with Gasteiger partial charge < -0.3 is 20.8 Å². The van der Waals surface area contributed by atoms with Crippen molar-refractivity contribution in [2.45, 2.75) is 36.8 Å². The normalized spacial score (nSPS) is 28.4. The Bertz CT molecular complexity index is 940. The molecule has 0 aromatic heterocycles. The van der Waals surface area contributed by atoms with Gasteiger partial charge in [0.15, 0.2) is 5.17 Å². The molecule has 2 aliphatic rings. The number of amidine groups is 1. The maximum atomic E-state index is 12.9. The number of hydrogen-bond acceptors (Lipinski definition) is 6. The molecule has 0 saturated heterocycles. The summed E-state index contributed by atoms with van der Waals surface area (Å²) < 4.78 is 0. The minimum absolute atomic E-state index is 0.181. The maximum absolute atomic E-state index is 12.9. The Balaban J connectivity index is 1.51. The predicted octanol–water partition coefficient (Wildman–Crippen LogP) is 3.28. The van der Waals surface area contributed by atoms with Crippen LogP contribution >= 0.6 is 23.4 Å². The van der Waals surface area contributed by atoms with E-state index in [4.69, 9.17) is 11.6 Å². The number of para-hydroxylation sites is 1. The molecule has 1 amide bonds. The van der Waals surface area contributed by atoms with Crippen LogP contribution in [0.15, 0.2) is 53.5 Å². The van der Waals surface area contributed by atoms with Crippen LogP contribution in [0, 0.1) is 12.8 Å². The fourth-order valence-corrected chi connectivity index (χ4v) is 5.22. The van der Waals surface area contributed by atoms with Gasteiger partial charge in [-0.05, 0) is 43.2 Å². The van der Waals surface area contributed by atoms with E-state index >= 15 is 0 Å². The number of nitrogens with one attached hydrogen (secondary N) is 2. The minimum atomic E-state index is -1.01. The van der Waals surface area contributed by atoms with E-state index in [0.717, 1.165) is 11.3 Å². The number of halogens is 1. The number of hydrogen-bond donors (Lipinski definition) is 4. The molecule has 6 nitrogen and oxygen atoms in total. The van der Waals surface area contributed by atoms with Crippen molar-refractivity contribution >= 4 is 45.8 Å². The maximum Gasteiger partial charge on any atom is 0.228 e. The molecule has 0 spiro atoms. The van der Waals surface area contributed by atoms with Crippen LogP contribution in [0.3, 0.4) is 0 Å². The van der Waals surface area contributed by atoms with E-state index in [1.54, 1.807) is 0 Å². The molecule has 1 saturated carbocycles. The topological polar surface area (TPSA) is 94.0 Å². The van der Waals surface area contributed by atoms with Crippen molar-refractivity contribution in [3.8, 4) is 0 Å². The number of benzene rings is 2. The lowest BCUT2D eigenvalue weighted by molar-refractivity contribution is -0.124. The average molecular weight is 432 g/mol. The first-order valence-electron chi connectivity index (χ1n) is 9.42. The summed E-state index contributed by atoms with van der Waals surface area (Å²) in [7, 11) is 0. The lowest BCUT2D eigenvalue weighted by atomic mass is 9.81. The van der Waals surface area contributed by atoms with Crippen molar-refractivity contribution < 1.29 is 15.0 Å². The van der Waals surface area contributed by atoms with E-state index in [1.807, 2.05) is 55.5 Å². The van der Waals surface area contributed by atoms with E-state index in [0.29, 0.717) is 15.9 Å². The van der Waals surface area contributed by atoms with Gasteiger partial charge in [-0.25, -0.2) is 0 Å². The molecule has 0 bridgehead atoms. The number of nitrogens with zero attached hydrogens (tertiary/aromatic N) is 1. The molecular weight excluding hydrogens is 410 g/mol. The summed E-state index contributed by atoms with van der Waals surface area (Å²) in [6, 6.07) is 14.3. The Morgan fingerprint density at radius 2 is 1.93 bits per heavy atom. The van der Waals surface area contributed by atoms with Gasteiger partial charge in [0, 0.05) is 21.6 Å². The van der Waals surface area contributed by atoms with Crippen LogP contribution in [0.5, 0.6) is 0 Å². The Hall–Kier alpha value is -2.06. The van der Waals surface area contributed by atoms with Gasteiger partial charge >= 0.3 is 0 Å². The first-order valence-corrected chi connectivity index (χ1v) is 10.7. The zero-order valence-electron chi connectivity index (χ0n) is 15.7. The second-order valence-corrected chi connectivity index (χ2v) is 8.93. The molecule has 5 atom stereocenters. The third-order valence-electron chi connectivity index (χ3n) is 5.29. The summed E-state index contributed by atoms with van der Waals surface area (Å²) in [4.78, 5) is 17.5. The second-order valence-electron chi connectivity index (χ2n) is 7.35. The third-order valence-corrected chi connectivity index (χ3v) is 7.01. The molecular formula is C21H22ClN3O3S. The van der Waals surface area contributed by atoms with E-state index in [2.05, 4.69) is 15.6 Å². The standard InChI is InChI=1S/C21H22ClN3O3S/c1-11-7-8-13(9-15(11)22)24-21-25-17-18(27)16(26)10-14(19(17)29-21)20(28)23-12-5-3-2-4-6-12/h2-9,14,16-19,26-27H,10H2,1H3,(H,23,28)(H,24,25). The van der Waals surface area contributed by atoms with E-state index in [9.17, 15) is 15.0 Å². The molecule has 2 aromatic rings. The lowest BCUT2D eigenvalue weighted by Crippen LogP contribution is -2.52. The largest absolute Gasteiger partial charge is 0.390 e. The molecule has 152 valence electrons. The third kappa shape index (κ3) is 4.28. The van der Waals surface area contributed by atoms with Gasteiger partial charge in [0.05, 0.1) is 18.1 Å². The van der Waals surface area contributed by atoms with Gasteiger partial charge in [0.25, 0.3) is 0 Å². The van der Waals surface area contributed by atoms with E-state index < -0.39 is 24.2 Å². The monoisotopic (exact) mass is 431 g/mol. The van der Waals surface area contributed by atoms with Crippen LogP contribution in [0.2, 0.25) is 5.02 Å². The molecule has 1 aliphatic heterocycles. The van der Waals surface area contributed by atoms with Gasteiger partial charge in [-0.15, -0.1) is 0 Å². The first-order chi connectivity index (χ1) is 13.9.